The number of rotatable bonds is 6. The molecule has 2 fully saturated rings. The molecule has 0 spiro atoms. The number of carbonyl (C=O) groups is 1. The molecule has 3 aromatic rings. The standard InChI is InChI=1S/C25H32N6O3.ClH/c1-2-34-21-5-3-4-18(14-21)16-31-24-22(15-28-31)23(26-17-27-24)29-10-12-30(13-11-29)25(33)19-6-8-20(32)9-7-19;/h3-5,14-15,17,19-20,32H,2,6-13,16H2,1H3;1H/t19-,20-;. The lowest BCUT2D eigenvalue weighted by Gasteiger charge is -2.38. The highest BCUT2D eigenvalue weighted by Crippen LogP contribution is 2.28. The van der Waals surface area contributed by atoms with Gasteiger partial charge in [0.15, 0.2) is 5.65 Å². The molecule has 188 valence electrons. The number of hydrogen-bond donors (Lipinski definition) is 1. The van der Waals surface area contributed by atoms with E-state index in [9.17, 15) is 9.90 Å². The Morgan fingerprint density at radius 3 is 2.63 bits per heavy atom. The monoisotopic (exact) mass is 500 g/mol. The van der Waals surface area contributed by atoms with Crippen molar-refractivity contribution in [2.45, 2.75) is 45.3 Å². The molecule has 1 saturated heterocycles. The summed E-state index contributed by atoms with van der Waals surface area (Å²) in [6.45, 7) is 6.03. The summed E-state index contributed by atoms with van der Waals surface area (Å²) in [5, 5.41) is 15.2. The summed E-state index contributed by atoms with van der Waals surface area (Å²) in [6, 6.07) is 8.03. The highest BCUT2D eigenvalue weighted by atomic mass is 35.5. The molecule has 1 aromatic carbocycles. The highest BCUT2D eigenvalue weighted by molar-refractivity contribution is 5.87. The second-order valence-electron chi connectivity index (χ2n) is 9.13. The highest BCUT2D eigenvalue weighted by Gasteiger charge is 2.31. The Balaban J connectivity index is 0.00000289. The lowest BCUT2D eigenvalue weighted by Crippen LogP contribution is -2.51. The molecule has 1 aliphatic heterocycles. The molecule has 9 nitrogen and oxygen atoms in total. The average Bonchev–Trinajstić information content (AvgIpc) is 3.27. The van der Waals surface area contributed by atoms with Gasteiger partial charge in [-0.25, -0.2) is 14.6 Å². The molecule has 5 rings (SSSR count). The van der Waals surface area contributed by atoms with Crippen LogP contribution in [0.15, 0.2) is 36.8 Å². The molecule has 2 aliphatic rings. The van der Waals surface area contributed by atoms with E-state index in [4.69, 9.17) is 4.74 Å². The smallest absolute Gasteiger partial charge is 0.225 e. The number of aromatic nitrogens is 4. The van der Waals surface area contributed by atoms with Crippen molar-refractivity contribution in [3.63, 3.8) is 0 Å². The Labute approximate surface area is 211 Å². The Morgan fingerprint density at radius 1 is 1.11 bits per heavy atom. The molecule has 2 aromatic heterocycles. The van der Waals surface area contributed by atoms with Gasteiger partial charge in [-0.3, -0.25) is 4.79 Å². The number of nitrogens with zero attached hydrogens (tertiary/aromatic N) is 6. The van der Waals surface area contributed by atoms with Gasteiger partial charge >= 0.3 is 0 Å². The number of halogens is 1. The van der Waals surface area contributed by atoms with Gasteiger partial charge in [-0.2, -0.15) is 5.10 Å². The van der Waals surface area contributed by atoms with Crippen LogP contribution in [0.3, 0.4) is 0 Å². The van der Waals surface area contributed by atoms with E-state index in [0.717, 1.165) is 66.9 Å². The summed E-state index contributed by atoms with van der Waals surface area (Å²) in [5.74, 6) is 2.01. The maximum atomic E-state index is 12.9. The van der Waals surface area contributed by atoms with Gasteiger partial charge in [0.2, 0.25) is 5.91 Å². The number of piperazine rings is 1. The van der Waals surface area contributed by atoms with Crippen LogP contribution in [0.5, 0.6) is 5.75 Å². The van der Waals surface area contributed by atoms with Crippen LogP contribution in [-0.4, -0.2) is 74.6 Å². The third kappa shape index (κ3) is 5.51. The number of fused-ring (bicyclic) bond motifs is 1. The predicted molar refractivity (Wildman–Crippen MR) is 136 cm³/mol. The first-order valence-corrected chi connectivity index (χ1v) is 12.2. The molecule has 0 bridgehead atoms. The first-order valence-electron chi connectivity index (χ1n) is 12.2. The zero-order valence-corrected chi connectivity index (χ0v) is 20.9. The lowest BCUT2D eigenvalue weighted by atomic mass is 9.86. The van der Waals surface area contributed by atoms with E-state index in [2.05, 4.69) is 26.0 Å². The summed E-state index contributed by atoms with van der Waals surface area (Å²) in [7, 11) is 0. The summed E-state index contributed by atoms with van der Waals surface area (Å²) in [5.41, 5.74) is 1.89. The Hall–Kier alpha value is -2.91. The fourth-order valence-electron chi connectivity index (χ4n) is 5.04. The molecular formula is C25H33ClN6O3. The van der Waals surface area contributed by atoms with E-state index in [1.54, 1.807) is 6.33 Å². The van der Waals surface area contributed by atoms with Gasteiger partial charge in [0.05, 0.1) is 30.8 Å². The topological polar surface area (TPSA) is 96.6 Å². The summed E-state index contributed by atoms with van der Waals surface area (Å²) < 4.78 is 7.51. The number of aliphatic hydroxyl groups is 1. The zero-order chi connectivity index (χ0) is 23.5. The van der Waals surface area contributed by atoms with E-state index >= 15 is 0 Å². The van der Waals surface area contributed by atoms with E-state index in [1.807, 2.05) is 40.9 Å². The predicted octanol–water partition coefficient (Wildman–Crippen LogP) is 2.89. The number of aliphatic hydroxyl groups excluding tert-OH is 1. The third-order valence-electron chi connectivity index (χ3n) is 6.89. The van der Waals surface area contributed by atoms with Crippen molar-refractivity contribution >= 4 is 35.2 Å². The maximum absolute atomic E-state index is 12.9. The van der Waals surface area contributed by atoms with E-state index in [-0.39, 0.29) is 30.3 Å². The van der Waals surface area contributed by atoms with Crippen molar-refractivity contribution in [3.8, 4) is 5.75 Å². The van der Waals surface area contributed by atoms with E-state index in [0.29, 0.717) is 26.2 Å². The van der Waals surface area contributed by atoms with Gasteiger partial charge in [-0.1, -0.05) is 12.1 Å². The van der Waals surface area contributed by atoms with Gasteiger partial charge < -0.3 is 19.6 Å². The number of benzene rings is 1. The number of carbonyl (C=O) groups excluding carboxylic acids is 1. The second-order valence-corrected chi connectivity index (χ2v) is 9.13. The van der Waals surface area contributed by atoms with Crippen molar-refractivity contribution in [2.24, 2.45) is 5.92 Å². The minimum Gasteiger partial charge on any atom is -0.494 e. The molecule has 10 heteroatoms. The molecular weight excluding hydrogens is 468 g/mol. The molecule has 0 unspecified atom stereocenters. The molecule has 35 heavy (non-hydrogen) atoms. The van der Waals surface area contributed by atoms with Crippen LogP contribution in [-0.2, 0) is 11.3 Å². The molecule has 1 N–H and O–H groups in total. The van der Waals surface area contributed by atoms with Crippen LogP contribution in [0.2, 0.25) is 0 Å². The molecule has 3 heterocycles. The van der Waals surface area contributed by atoms with Crippen LogP contribution < -0.4 is 9.64 Å². The van der Waals surface area contributed by atoms with Gasteiger partial charge in [0.25, 0.3) is 0 Å². The first-order chi connectivity index (χ1) is 16.6. The van der Waals surface area contributed by atoms with Crippen LogP contribution in [0.25, 0.3) is 11.0 Å². The van der Waals surface area contributed by atoms with Crippen LogP contribution in [0, 0.1) is 5.92 Å². The average molecular weight is 501 g/mol. The minimum atomic E-state index is -0.240. The zero-order valence-electron chi connectivity index (χ0n) is 20.0. The molecule has 1 amide bonds. The maximum Gasteiger partial charge on any atom is 0.225 e. The van der Waals surface area contributed by atoms with Crippen LogP contribution in [0.4, 0.5) is 5.82 Å². The van der Waals surface area contributed by atoms with E-state index < -0.39 is 0 Å². The first kappa shape index (κ1) is 25.2. The number of amides is 1. The van der Waals surface area contributed by atoms with Crippen molar-refractivity contribution in [3.05, 3.63) is 42.4 Å². The van der Waals surface area contributed by atoms with Gasteiger partial charge in [0.1, 0.15) is 17.9 Å². The van der Waals surface area contributed by atoms with Crippen molar-refractivity contribution in [1.82, 2.24) is 24.6 Å². The van der Waals surface area contributed by atoms with Crippen molar-refractivity contribution < 1.29 is 14.6 Å². The normalized spacial score (nSPS) is 20.5. The van der Waals surface area contributed by atoms with Gasteiger partial charge in [-0.15, -0.1) is 12.4 Å². The molecule has 1 aliphatic carbocycles. The van der Waals surface area contributed by atoms with Gasteiger partial charge in [-0.05, 0) is 50.3 Å². The third-order valence-corrected chi connectivity index (χ3v) is 6.89. The minimum absolute atomic E-state index is 0. The number of anilines is 1. The van der Waals surface area contributed by atoms with Crippen LogP contribution >= 0.6 is 12.4 Å². The molecule has 1 saturated carbocycles. The molecule has 0 radical (unpaired) electrons. The van der Waals surface area contributed by atoms with E-state index in [1.165, 1.54) is 0 Å². The lowest BCUT2D eigenvalue weighted by molar-refractivity contribution is -0.137. The Bertz CT molecular complexity index is 1140. The fourth-order valence-corrected chi connectivity index (χ4v) is 5.04. The van der Waals surface area contributed by atoms with Gasteiger partial charge in [0, 0.05) is 32.1 Å². The Kier molecular flexibility index (Phi) is 8.07. The number of ether oxygens (including phenoxy) is 1. The largest absolute Gasteiger partial charge is 0.494 e. The SMILES string of the molecule is CCOc1cccc(Cn2ncc3c(N4CCN(C(=O)[C@H]5CC[C@H](O)CC5)CC4)ncnc32)c1.Cl. The summed E-state index contributed by atoms with van der Waals surface area (Å²) >= 11 is 0. The molecule has 0 atom stereocenters. The summed E-state index contributed by atoms with van der Waals surface area (Å²) in [6.07, 6.45) is 6.23. The van der Waals surface area contributed by atoms with Crippen molar-refractivity contribution in [1.29, 1.82) is 0 Å². The summed E-state index contributed by atoms with van der Waals surface area (Å²) in [4.78, 5) is 26.2. The van der Waals surface area contributed by atoms with Crippen molar-refractivity contribution in [2.75, 3.05) is 37.7 Å². The Morgan fingerprint density at radius 2 is 1.89 bits per heavy atom. The quantitative estimate of drug-likeness (QED) is 0.555. The van der Waals surface area contributed by atoms with Crippen LogP contribution in [0.1, 0.15) is 38.2 Å². The second kappa shape index (κ2) is 11.2. The number of hydrogen-bond acceptors (Lipinski definition) is 7. The fraction of sp³-hybridized carbons (Fsp3) is 0.520.